The Morgan fingerprint density at radius 3 is 2.58 bits per heavy atom. The molecular formula is C33H46O5. The quantitative estimate of drug-likeness (QED) is 0.312. The van der Waals surface area contributed by atoms with Crippen LogP contribution in [0.2, 0.25) is 0 Å². The molecule has 0 aliphatic heterocycles. The van der Waals surface area contributed by atoms with Crippen molar-refractivity contribution in [1.29, 1.82) is 0 Å². The Kier molecular flexibility index (Phi) is 7.79. The fourth-order valence-corrected chi connectivity index (χ4v) is 9.09. The summed E-state index contributed by atoms with van der Waals surface area (Å²) in [6.45, 7) is 9.42. The summed E-state index contributed by atoms with van der Waals surface area (Å²) in [5.74, 6) is 1.24. The summed E-state index contributed by atoms with van der Waals surface area (Å²) >= 11 is 0. The van der Waals surface area contributed by atoms with E-state index < -0.39 is 0 Å². The lowest BCUT2D eigenvalue weighted by Gasteiger charge is -2.55. The number of hydrogen-bond acceptors (Lipinski definition) is 5. The molecule has 0 amide bonds. The second-order valence-corrected chi connectivity index (χ2v) is 13.0. The van der Waals surface area contributed by atoms with Gasteiger partial charge in [-0.15, -0.1) is 0 Å². The Hall–Kier alpha value is -2.14. The van der Waals surface area contributed by atoms with Gasteiger partial charge in [0.1, 0.15) is 6.10 Å². The first-order chi connectivity index (χ1) is 18.2. The predicted octanol–water partition coefficient (Wildman–Crippen LogP) is 6.89. The van der Waals surface area contributed by atoms with Crippen LogP contribution in [0, 0.1) is 34.5 Å². The highest BCUT2D eigenvalue weighted by Crippen LogP contribution is 2.66. The van der Waals surface area contributed by atoms with E-state index in [1.807, 2.05) is 37.3 Å². The van der Waals surface area contributed by atoms with Gasteiger partial charge in [-0.05, 0) is 105 Å². The number of aliphatic hydroxyl groups excluding tert-OH is 1. The van der Waals surface area contributed by atoms with Crippen molar-refractivity contribution < 1.29 is 24.2 Å². The molecule has 208 valence electrons. The van der Waals surface area contributed by atoms with Crippen molar-refractivity contribution in [3.8, 4) is 0 Å². The van der Waals surface area contributed by atoms with Gasteiger partial charge < -0.3 is 14.6 Å². The second-order valence-electron chi connectivity index (χ2n) is 13.0. The normalized spacial score (nSPS) is 37.0. The fraction of sp³-hybridized carbons (Fsp3) is 0.697. The van der Waals surface area contributed by atoms with Gasteiger partial charge in [0.25, 0.3) is 0 Å². The zero-order valence-corrected chi connectivity index (χ0v) is 23.7. The first-order valence-corrected chi connectivity index (χ1v) is 15.0. The number of carbonyl (C=O) groups excluding carboxylic acids is 2. The molecule has 0 spiro atoms. The predicted molar refractivity (Wildman–Crippen MR) is 147 cm³/mol. The summed E-state index contributed by atoms with van der Waals surface area (Å²) in [5, 5.41) is 11.5. The standard InChI is InChI=1S/C33H46O5/c1-5-37-29(35)14-11-21(2)27-20-28(34)30-25-13-12-23-19-24(38-31(36)22-9-7-6-8-10-22)15-17-32(23,3)26(25)16-18-33(27,30)4/h6-10,21,23-24,27-28,30,34H,5,11-20H2,1-4H3/t21-,23+,24+,27-,28+,30-,32+,33-/m1/s1. The van der Waals surface area contributed by atoms with E-state index in [9.17, 15) is 14.7 Å². The van der Waals surface area contributed by atoms with E-state index in [1.165, 1.54) is 0 Å². The third-order valence-corrected chi connectivity index (χ3v) is 11.1. The molecule has 8 atom stereocenters. The van der Waals surface area contributed by atoms with Crippen LogP contribution in [0.5, 0.6) is 0 Å². The van der Waals surface area contributed by atoms with Crippen molar-refractivity contribution in [1.82, 2.24) is 0 Å². The Morgan fingerprint density at radius 2 is 1.84 bits per heavy atom. The maximum Gasteiger partial charge on any atom is 0.338 e. The van der Waals surface area contributed by atoms with Gasteiger partial charge in [0.2, 0.25) is 0 Å². The van der Waals surface area contributed by atoms with E-state index in [-0.39, 0.29) is 40.9 Å². The molecule has 0 radical (unpaired) electrons. The summed E-state index contributed by atoms with van der Waals surface area (Å²) in [7, 11) is 0. The highest BCUT2D eigenvalue weighted by molar-refractivity contribution is 5.89. The molecular weight excluding hydrogens is 476 g/mol. The number of ether oxygens (including phenoxy) is 2. The van der Waals surface area contributed by atoms with Crippen molar-refractivity contribution in [2.24, 2.45) is 34.5 Å². The van der Waals surface area contributed by atoms with E-state index in [0.29, 0.717) is 36.3 Å². The summed E-state index contributed by atoms with van der Waals surface area (Å²) in [6, 6.07) is 9.32. The summed E-state index contributed by atoms with van der Waals surface area (Å²) in [6.07, 6.45) is 9.06. The molecule has 5 rings (SSSR count). The van der Waals surface area contributed by atoms with Crippen LogP contribution in [-0.4, -0.2) is 35.9 Å². The first kappa shape index (κ1) is 27.4. The van der Waals surface area contributed by atoms with E-state index in [2.05, 4.69) is 20.8 Å². The lowest BCUT2D eigenvalue weighted by Crippen LogP contribution is -2.47. The largest absolute Gasteiger partial charge is 0.466 e. The van der Waals surface area contributed by atoms with Crippen molar-refractivity contribution in [2.75, 3.05) is 6.61 Å². The molecule has 1 aromatic rings. The molecule has 4 aliphatic rings. The molecule has 2 saturated carbocycles. The van der Waals surface area contributed by atoms with Crippen LogP contribution in [0.3, 0.4) is 0 Å². The second kappa shape index (κ2) is 10.8. The maximum atomic E-state index is 12.7. The van der Waals surface area contributed by atoms with Crippen LogP contribution in [0.1, 0.15) is 102 Å². The van der Waals surface area contributed by atoms with Crippen LogP contribution < -0.4 is 0 Å². The fourth-order valence-electron chi connectivity index (χ4n) is 9.09. The molecule has 0 bridgehead atoms. The highest BCUT2D eigenvalue weighted by Gasteiger charge is 2.59. The minimum atomic E-state index is -0.302. The van der Waals surface area contributed by atoms with E-state index in [0.717, 1.165) is 57.8 Å². The third-order valence-electron chi connectivity index (χ3n) is 11.1. The van der Waals surface area contributed by atoms with Crippen molar-refractivity contribution in [3.63, 3.8) is 0 Å². The third kappa shape index (κ3) is 4.85. The number of esters is 2. The van der Waals surface area contributed by atoms with E-state index >= 15 is 0 Å². The van der Waals surface area contributed by atoms with E-state index in [4.69, 9.17) is 9.47 Å². The molecule has 5 heteroatoms. The average Bonchev–Trinajstić information content (AvgIpc) is 3.18. The molecule has 0 saturated heterocycles. The SMILES string of the molecule is CCOC(=O)CC[C@@H](C)[C@H]1C[C@H](O)[C@H]2C3=C(CC[C@]12C)[C@@]1(C)CC[C@H](OC(=O)c2ccccc2)C[C@@H]1CC3. The van der Waals surface area contributed by atoms with Crippen LogP contribution in [0.15, 0.2) is 41.5 Å². The molecule has 5 nitrogen and oxygen atoms in total. The number of fused-ring (bicyclic) bond motifs is 4. The number of benzene rings is 1. The van der Waals surface area contributed by atoms with Crippen LogP contribution in [-0.2, 0) is 14.3 Å². The van der Waals surface area contributed by atoms with Gasteiger partial charge in [0.15, 0.2) is 0 Å². The number of aliphatic hydroxyl groups is 1. The topological polar surface area (TPSA) is 72.8 Å². The zero-order valence-electron chi connectivity index (χ0n) is 23.7. The molecule has 4 aliphatic carbocycles. The van der Waals surface area contributed by atoms with Crippen molar-refractivity contribution in [3.05, 3.63) is 47.0 Å². The van der Waals surface area contributed by atoms with Crippen LogP contribution in [0.4, 0.5) is 0 Å². The van der Waals surface area contributed by atoms with Gasteiger partial charge in [-0.1, -0.05) is 50.1 Å². The Morgan fingerprint density at radius 1 is 1.08 bits per heavy atom. The Balaban J connectivity index is 1.29. The number of hydrogen-bond donors (Lipinski definition) is 1. The number of rotatable bonds is 7. The molecule has 2 fully saturated rings. The van der Waals surface area contributed by atoms with Gasteiger partial charge in [0.05, 0.1) is 18.3 Å². The monoisotopic (exact) mass is 522 g/mol. The minimum Gasteiger partial charge on any atom is -0.466 e. The van der Waals surface area contributed by atoms with Crippen molar-refractivity contribution >= 4 is 11.9 Å². The maximum absolute atomic E-state index is 12.7. The molecule has 1 aromatic carbocycles. The lowest BCUT2D eigenvalue weighted by atomic mass is 9.50. The minimum absolute atomic E-state index is 0.0153. The molecule has 0 unspecified atom stereocenters. The Bertz CT molecular complexity index is 1060. The number of carbonyl (C=O) groups is 2. The van der Waals surface area contributed by atoms with Crippen LogP contribution >= 0.6 is 0 Å². The van der Waals surface area contributed by atoms with Gasteiger partial charge in [-0.25, -0.2) is 4.79 Å². The Labute approximate surface area is 228 Å². The first-order valence-electron chi connectivity index (χ1n) is 15.0. The average molecular weight is 523 g/mol. The highest BCUT2D eigenvalue weighted by atomic mass is 16.5. The van der Waals surface area contributed by atoms with Gasteiger partial charge in [-0.2, -0.15) is 0 Å². The zero-order chi connectivity index (χ0) is 27.1. The van der Waals surface area contributed by atoms with E-state index in [1.54, 1.807) is 11.1 Å². The molecule has 38 heavy (non-hydrogen) atoms. The molecule has 0 heterocycles. The van der Waals surface area contributed by atoms with Gasteiger partial charge in [-0.3, -0.25) is 4.79 Å². The lowest BCUT2D eigenvalue weighted by molar-refractivity contribution is -0.143. The summed E-state index contributed by atoms with van der Waals surface area (Å²) in [4.78, 5) is 24.7. The summed E-state index contributed by atoms with van der Waals surface area (Å²) in [5.41, 5.74) is 4.01. The molecule has 0 aromatic heterocycles. The van der Waals surface area contributed by atoms with Crippen LogP contribution in [0.25, 0.3) is 0 Å². The van der Waals surface area contributed by atoms with Gasteiger partial charge >= 0.3 is 11.9 Å². The summed E-state index contributed by atoms with van der Waals surface area (Å²) < 4.78 is 11.1. The van der Waals surface area contributed by atoms with Gasteiger partial charge in [0, 0.05) is 12.3 Å². The number of allylic oxidation sites excluding steroid dienone is 1. The molecule has 1 N–H and O–H groups in total. The van der Waals surface area contributed by atoms with Crippen molar-refractivity contribution in [2.45, 2.75) is 104 Å². The smallest absolute Gasteiger partial charge is 0.338 e.